The van der Waals surface area contributed by atoms with E-state index in [1.807, 2.05) is 0 Å². The van der Waals surface area contributed by atoms with Crippen molar-refractivity contribution < 1.29 is 4.92 Å². The van der Waals surface area contributed by atoms with Gasteiger partial charge in [-0.15, -0.1) is 0 Å². The lowest BCUT2D eigenvalue weighted by molar-refractivity contribution is -0.385. The number of anilines is 1. The second-order valence-corrected chi connectivity index (χ2v) is 5.04. The predicted molar refractivity (Wildman–Crippen MR) is 70.2 cm³/mol. The van der Waals surface area contributed by atoms with E-state index in [-0.39, 0.29) is 5.69 Å². The van der Waals surface area contributed by atoms with Gasteiger partial charge in [0, 0.05) is 31.2 Å². The van der Waals surface area contributed by atoms with Gasteiger partial charge in [-0.1, -0.05) is 11.6 Å². The molecule has 6 nitrogen and oxygen atoms in total. The number of aromatic nitrogens is 1. The van der Waals surface area contributed by atoms with Crippen molar-refractivity contribution in [2.24, 2.45) is 0 Å². The average Bonchev–Trinajstić information content (AvgIpc) is 2.27. The molecular weight excluding hydrogens is 256 g/mol. The Bertz CT molecular complexity index is 458. The third-order valence-corrected chi connectivity index (χ3v) is 3.15. The first kappa shape index (κ1) is 13.0. The van der Waals surface area contributed by atoms with Crippen LogP contribution in [0.15, 0.2) is 12.3 Å². The summed E-state index contributed by atoms with van der Waals surface area (Å²) in [6.07, 6.45) is 1.25. The molecule has 0 aromatic carbocycles. The van der Waals surface area contributed by atoms with Gasteiger partial charge in [0.05, 0.1) is 9.95 Å². The number of nitrogens with one attached hydrogen (secondary N) is 1. The summed E-state index contributed by atoms with van der Waals surface area (Å²) in [6, 6.07) is 2.02. The highest BCUT2D eigenvalue weighted by Crippen LogP contribution is 2.28. The number of piperazine rings is 1. The van der Waals surface area contributed by atoms with Crippen molar-refractivity contribution in [1.82, 2.24) is 10.3 Å². The number of nitro groups is 1. The van der Waals surface area contributed by atoms with Gasteiger partial charge in [-0.05, 0) is 13.8 Å². The number of hydrogen-bond donors (Lipinski definition) is 1. The molecule has 0 radical (unpaired) electrons. The van der Waals surface area contributed by atoms with E-state index < -0.39 is 4.92 Å². The van der Waals surface area contributed by atoms with E-state index in [1.165, 1.54) is 12.3 Å². The molecule has 1 aromatic heterocycles. The number of rotatable bonds is 2. The molecule has 1 aliphatic heterocycles. The number of nitrogens with zero attached hydrogens (tertiary/aromatic N) is 3. The summed E-state index contributed by atoms with van der Waals surface area (Å²) in [5.41, 5.74) is -0.0834. The molecule has 2 unspecified atom stereocenters. The fraction of sp³-hybridized carbons (Fsp3) is 0.545. The second kappa shape index (κ2) is 5.07. The summed E-state index contributed by atoms with van der Waals surface area (Å²) in [6.45, 7) is 5.74. The maximum absolute atomic E-state index is 10.6. The minimum Gasteiger partial charge on any atom is -0.352 e. The molecule has 0 saturated carbocycles. The van der Waals surface area contributed by atoms with Gasteiger partial charge >= 0.3 is 0 Å². The fourth-order valence-electron chi connectivity index (χ4n) is 2.25. The first-order chi connectivity index (χ1) is 8.47. The minimum atomic E-state index is -0.494. The lowest BCUT2D eigenvalue weighted by atomic mass is 10.1. The molecule has 2 atom stereocenters. The van der Waals surface area contributed by atoms with Gasteiger partial charge in [0.25, 0.3) is 5.69 Å². The highest BCUT2D eigenvalue weighted by atomic mass is 35.5. The smallest absolute Gasteiger partial charge is 0.289 e. The number of hydrogen-bond acceptors (Lipinski definition) is 5. The SMILES string of the molecule is CC1CN(c2ncc([N+](=O)[O-])cc2Cl)CC(C)N1. The van der Waals surface area contributed by atoms with E-state index in [2.05, 4.69) is 29.0 Å². The first-order valence-corrected chi connectivity index (χ1v) is 6.16. The first-order valence-electron chi connectivity index (χ1n) is 5.78. The van der Waals surface area contributed by atoms with Gasteiger partial charge in [-0.2, -0.15) is 0 Å². The van der Waals surface area contributed by atoms with Crippen LogP contribution in [0.5, 0.6) is 0 Å². The molecule has 1 saturated heterocycles. The molecule has 0 spiro atoms. The molecule has 0 bridgehead atoms. The highest BCUT2D eigenvalue weighted by Gasteiger charge is 2.24. The third kappa shape index (κ3) is 2.70. The maximum atomic E-state index is 10.6. The quantitative estimate of drug-likeness (QED) is 0.656. The molecule has 1 fully saturated rings. The van der Waals surface area contributed by atoms with Crippen LogP contribution < -0.4 is 10.2 Å². The van der Waals surface area contributed by atoms with Crippen LogP contribution in [0.4, 0.5) is 11.5 Å². The van der Waals surface area contributed by atoms with Crippen molar-refractivity contribution in [3.05, 3.63) is 27.4 Å². The summed E-state index contributed by atoms with van der Waals surface area (Å²) in [5.74, 6) is 0.613. The van der Waals surface area contributed by atoms with E-state index in [0.717, 1.165) is 13.1 Å². The number of halogens is 1. The maximum Gasteiger partial charge on any atom is 0.289 e. The van der Waals surface area contributed by atoms with Gasteiger partial charge in [-0.3, -0.25) is 10.1 Å². The Hall–Kier alpha value is -1.40. The Morgan fingerprint density at radius 1 is 1.50 bits per heavy atom. The van der Waals surface area contributed by atoms with Crippen LogP contribution in [-0.2, 0) is 0 Å². The van der Waals surface area contributed by atoms with Crippen LogP contribution in [0, 0.1) is 10.1 Å². The van der Waals surface area contributed by atoms with Crippen molar-refractivity contribution in [3.8, 4) is 0 Å². The van der Waals surface area contributed by atoms with E-state index >= 15 is 0 Å². The molecule has 2 heterocycles. The third-order valence-electron chi connectivity index (χ3n) is 2.88. The molecule has 0 aliphatic carbocycles. The van der Waals surface area contributed by atoms with Crippen LogP contribution in [0.3, 0.4) is 0 Å². The van der Waals surface area contributed by atoms with Crippen molar-refractivity contribution in [2.45, 2.75) is 25.9 Å². The van der Waals surface area contributed by atoms with E-state index in [1.54, 1.807) is 0 Å². The van der Waals surface area contributed by atoms with Crippen LogP contribution >= 0.6 is 11.6 Å². The largest absolute Gasteiger partial charge is 0.352 e. The van der Waals surface area contributed by atoms with Crippen LogP contribution in [0.2, 0.25) is 5.02 Å². The molecular formula is C11H15ClN4O2. The Kier molecular flexibility index (Phi) is 3.68. The van der Waals surface area contributed by atoms with Gasteiger partial charge in [0.15, 0.2) is 0 Å². The Morgan fingerprint density at radius 3 is 2.61 bits per heavy atom. The lowest BCUT2D eigenvalue weighted by Gasteiger charge is -2.37. The van der Waals surface area contributed by atoms with Crippen molar-refractivity contribution in [2.75, 3.05) is 18.0 Å². The Labute approximate surface area is 110 Å². The average molecular weight is 271 g/mol. The van der Waals surface area contributed by atoms with Gasteiger partial charge in [-0.25, -0.2) is 4.98 Å². The lowest BCUT2D eigenvalue weighted by Crippen LogP contribution is -2.54. The van der Waals surface area contributed by atoms with Crippen molar-refractivity contribution in [3.63, 3.8) is 0 Å². The number of pyridine rings is 1. The van der Waals surface area contributed by atoms with Crippen molar-refractivity contribution in [1.29, 1.82) is 0 Å². The zero-order valence-electron chi connectivity index (χ0n) is 10.3. The minimum absolute atomic E-state index is 0.0834. The Morgan fingerprint density at radius 2 is 2.11 bits per heavy atom. The summed E-state index contributed by atoms with van der Waals surface area (Å²) < 4.78 is 0. The monoisotopic (exact) mass is 270 g/mol. The van der Waals surface area contributed by atoms with E-state index in [9.17, 15) is 10.1 Å². The van der Waals surface area contributed by atoms with E-state index in [0.29, 0.717) is 22.9 Å². The predicted octanol–water partition coefficient (Wildman–Crippen LogP) is 1.83. The highest BCUT2D eigenvalue weighted by molar-refractivity contribution is 6.33. The van der Waals surface area contributed by atoms with Gasteiger partial charge < -0.3 is 10.2 Å². The Balaban J connectivity index is 2.25. The standard InChI is InChI=1S/C11H15ClN4O2/c1-7-5-15(6-8(2)14-7)11-10(12)3-9(4-13-11)16(17)18/h3-4,7-8,14H,5-6H2,1-2H3. The van der Waals surface area contributed by atoms with Crippen molar-refractivity contribution >= 4 is 23.1 Å². The molecule has 1 N–H and O–H groups in total. The zero-order valence-corrected chi connectivity index (χ0v) is 11.0. The molecule has 1 aromatic rings. The molecule has 98 valence electrons. The second-order valence-electron chi connectivity index (χ2n) is 4.63. The summed E-state index contributed by atoms with van der Waals surface area (Å²) >= 11 is 6.07. The van der Waals surface area contributed by atoms with Crippen LogP contribution in [-0.4, -0.2) is 35.1 Å². The van der Waals surface area contributed by atoms with Gasteiger partial charge in [0.1, 0.15) is 12.0 Å². The fourth-order valence-corrected chi connectivity index (χ4v) is 2.53. The van der Waals surface area contributed by atoms with Crippen LogP contribution in [0.25, 0.3) is 0 Å². The van der Waals surface area contributed by atoms with Gasteiger partial charge in [0.2, 0.25) is 0 Å². The molecule has 18 heavy (non-hydrogen) atoms. The molecule has 7 heteroatoms. The topological polar surface area (TPSA) is 71.3 Å². The summed E-state index contributed by atoms with van der Waals surface area (Å²) in [4.78, 5) is 16.3. The zero-order chi connectivity index (χ0) is 13.3. The van der Waals surface area contributed by atoms with E-state index in [4.69, 9.17) is 11.6 Å². The molecule has 1 aliphatic rings. The summed E-state index contributed by atoms with van der Waals surface area (Å²) in [5, 5.41) is 14.4. The normalized spacial score (nSPS) is 24.1. The summed E-state index contributed by atoms with van der Waals surface area (Å²) in [7, 11) is 0. The molecule has 2 rings (SSSR count). The molecule has 0 amide bonds. The van der Waals surface area contributed by atoms with Crippen LogP contribution in [0.1, 0.15) is 13.8 Å².